The monoisotopic (exact) mass is 385 g/mol. The lowest BCUT2D eigenvalue weighted by Gasteiger charge is -2.31. The number of carbonyl (C=O) groups excluding carboxylic acids is 2. The van der Waals surface area contributed by atoms with Crippen LogP contribution in [0.15, 0.2) is 45.6 Å². The van der Waals surface area contributed by atoms with Crippen molar-refractivity contribution in [1.29, 1.82) is 0 Å². The van der Waals surface area contributed by atoms with Crippen LogP contribution >= 0.6 is 0 Å². The van der Waals surface area contributed by atoms with Gasteiger partial charge in [-0.15, -0.1) is 0 Å². The van der Waals surface area contributed by atoms with E-state index in [2.05, 4.69) is 4.74 Å². The van der Waals surface area contributed by atoms with Crippen molar-refractivity contribution < 1.29 is 23.5 Å². The zero-order valence-corrected chi connectivity index (χ0v) is 16.0. The lowest BCUT2D eigenvalue weighted by Crippen LogP contribution is -2.49. The zero-order valence-electron chi connectivity index (χ0n) is 16.0. The van der Waals surface area contributed by atoms with Gasteiger partial charge in [0, 0.05) is 13.0 Å². The third kappa shape index (κ3) is 4.48. The summed E-state index contributed by atoms with van der Waals surface area (Å²) in [6.07, 6.45) is 0.456. The summed E-state index contributed by atoms with van der Waals surface area (Å²) in [5.74, 6) is -0.465. The van der Waals surface area contributed by atoms with E-state index in [0.717, 1.165) is 12.0 Å². The van der Waals surface area contributed by atoms with E-state index in [-0.39, 0.29) is 18.7 Å². The van der Waals surface area contributed by atoms with Gasteiger partial charge in [-0.1, -0.05) is 30.3 Å². The lowest BCUT2D eigenvalue weighted by atomic mass is 10.1. The predicted octanol–water partition coefficient (Wildman–Crippen LogP) is 1.75. The summed E-state index contributed by atoms with van der Waals surface area (Å²) in [5.41, 5.74) is 1.04. The predicted molar refractivity (Wildman–Crippen MR) is 101 cm³/mol. The van der Waals surface area contributed by atoms with E-state index in [1.54, 1.807) is 13.0 Å². The molecule has 1 saturated heterocycles. The minimum atomic E-state index is -0.847. The molecule has 148 valence electrons. The van der Waals surface area contributed by atoms with Gasteiger partial charge in [-0.2, -0.15) is 0 Å². The topological polar surface area (TPSA) is 86.0 Å². The maximum Gasteiger partial charge on any atom is 0.349 e. The van der Waals surface area contributed by atoms with Gasteiger partial charge in [0.2, 0.25) is 0 Å². The molecule has 1 atom stereocenters. The number of hydrogen-bond acceptors (Lipinski definition) is 6. The van der Waals surface area contributed by atoms with Crippen LogP contribution in [0.5, 0.6) is 0 Å². The van der Waals surface area contributed by atoms with E-state index in [4.69, 9.17) is 9.15 Å². The van der Waals surface area contributed by atoms with Crippen molar-refractivity contribution in [2.24, 2.45) is 0 Å². The third-order valence-electron chi connectivity index (χ3n) is 4.73. The number of aryl methyl sites for hydroxylation is 3. The molecule has 1 aliphatic heterocycles. The van der Waals surface area contributed by atoms with Crippen molar-refractivity contribution in [3.63, 3.8) is 0 Å². The Morgan fingerprint density at radius 3 is 2.64 bits per heavy atom. The minimum Gasteiger partial charge on any atom is -0.467 e. The van der Waals surface area contributed by atoms with E-state index in [1.807, 2.05) is 30.3 Å². The highest BCUT2D eigenvalue weighted by Crippen LogP contribution is 2.15. The summed E-state index contributed by atoms with van der Waals surface area (Å²) in [4.78, 5) is 38.4. The van der Waals surface area contributed by atoms with Crippen LogP contribution in [0.25, 0.3) is 0 Å². The molecule has 1 aromatic heterocycles. The quantitative estimate of drug-likeness (QED) is 0.729. The summed E-state index contributed by atoms with van der Waals surface area (Å²) < 4.78 is 15.4. The fraction of sp³-hybridized carbons (Fsp3) is 0.381. The summed E-state index contributed by atoms with van der Waals surface area (Å²) in [6.45, 7) is 2.25. The molecule has 0 saturated carbocycles. The van der Waals surface area contributed by atoms with Gasteiger partial charge in [-0.3, -0.25) is 4.79 Å². The van der Waals surface area contributed by atoms with Gasteiger partial charge in [-0.05, 0) is 30.5 Å². The largest absolute Gasteiger partial charge is 0.467 e. The van der Waals surface area contributed by atoms with Crippen molar-refractivity contribution in [2.75, 3.05) is 26.8 Å². The number of carbonyl (C=O) groups is 2. The van der Waals surface area contributed by atoms with Crippen LogP contribution < -0.4 is 5.63 Å². The molecule has 0 N–H and O–H groups in total. The van der Waals surface area contributed by atoms with Crippen LogP contribution in [-0.4, -0.2) is 49.7 Å². The Kier molecular flexibility index (Phi) is 6.26. The molecule has 1 fully saturated rings. The van der Waals surface area contributed by atoms with Gasteiger partial charge in [0.05, 0.1) is 20.3 Å². The molecule has 0 aliphatic carbocycles. The van der Waals surface area contributed by atoms with Gasteiger partial charge >= 0.3 is 11.6 Å². The molecule has 1 amide bonds. The number of nitrogens with zero attached hydrogens (tertiary/aromatic N) is 1. The second-order valence-corrected chi connectivity index (χ2v) is 6.68. The maximum atomic E-state index is 12.8. The zero-order chi connectivity index (χ0) is 20.1. The number of morpholine rings is 1. The van der Waals surface area contributed by atoms with E-state index >= 15 is 0 Å². The van der Waals surface area contributed by atoms with Crippen molar-refractivity contribution in [2.45, 2.75) is 25.9 Å². The average Bonchev–Trinajstić information content (AvgIpc) is 2.72. The number of amides is 1. The number of hydrogen-bond donors (Lipinski definition) is 0. The Labute approximate surface area is 162 Å². The fourth-order valence-corrected chi connectivity index (χ4v) is 3.23. The molecule has 0 bridgehead atoms. The summed E-state index contributed by atoms with van der Waals surface area (Å²) in [7, 11) is 1.26. The molecule has 1 aliphatic rings. The average molecular weight is 385 g/mol. The van der Waals surface area contributed by atoms with E-state index in [9.17, 15) is 14.4 Å². The maximum absolute atomic E-state index is 12.8. The minimum absolute atomic E-state index is 0.00558. The van der Waals surface area contributed by atoms with Gasteiger partial charge in [0.25, 0.3) is 5.91 Å². The first kappa shape index (κ1) is 19.8. The molecule has 1 unspecified atom stereocenters. The molecule has 7 nitrogen and oxygen atoms in total. The Morgan fingerprint density at radius 1 is 1.21 bits per heavy atom. The molecule has 28 heavy (non-hydrogen) atoms. The highest BCUT2D eigenvalue weighted by atomic mass is 16.6. The van der Waals surface area contributed by atoms with Crippen LogP contribution in [-0.2, 0) is 27.1 Å². The molecule has 2 heterocycles. The highest BCUT2D eigenvalue weighted by Gasteiger charge is 2.32. The summed E-state index contributed by atoms with van der Waals surface area (Å²) in [5, 5.41) is 0. The van der Waals surface area contributed by atoms with Crippen LogP contribution in [0.3, 0.4) is 0 Å². The van der Waals surface area contributed by atoms with Crippen LogP contribution in [0.4, 0.5) is 0 Å². The normalized spacial score (nSPS) is 16.6. The molecule has 7 heteroatoms. The standard InChI is InChI=1S/C21H23NO6/c1-14-12-16(9-8-15-6-4-3-5-7-15)28-21(25)18(14)19(23)22-10-11-27-17(13-22)20(24)26-2/h3-7,12,17H,8-11,13H2,1-2H3. The van der Waals surface area contributed by atoms with Crippen LogP contribution in [0.2, 0.25) is 0 Å². The first-order chi connectivity index (χ1) is 13.5. The Balaban J connectivity index is 1.74. The second-order valence-electron chi connectivity index (χ2n) is 6.68. The Morgan fingerprint density at radius 2 is 1.96 bits per heavy atom. The van der Waals surface area contributed by atoms with Gasteiger partial charge in [0.1, 0.15) is 11.3 Å². The third-order valence-corrected chi connectivity index (χ3v) is 4.73. The van der Waals surface area contributed by atoms with Gasteiger partial charge < -0.3 is 18.8 Å². The number of esters is 1. The summed E-state index contributed by atoms with van der Waals surface area (Å²) >= 11 is 0. The van der Waals surface area contributed by atoms with Crippen LogP contribution in [0.1, 0.15) is 27.2 Å². The number of benzene rings is 1. The molecule has 0 spiro atoms. The van der Waals surface area contributed by atoms with E-state index < -0.39 is 23.6 Å². The van der Waals surface area contributed by atoms with Crippen molar-refractivity contribution in [3.05, 3.63) is 69.3 Å². The first-order valence-electron chi connectivity index (χ1n) is 9.16. The van der Waals surface area contributed by atoms with Crippen LogP contribution in [0, 0.1) is 6.92 Å². The van der Waals surface area contributed by atoms with Gasteiger partial charge in [0.15, 0.2) is 6.10 Å². The molecule has 1 aromatic carbocycles. The van der Waals surface area contributed by atoms with Crippen molar-refractivity contribution >= 4 is 11.9 Å². The molecule has 0 radical (unpaired) electrons. The Hall–Kier alpha value is -2.93. The second kappa shape index (κ2) is 8.84. The molecule has 3 rings (SSSR count). The fourth-order valence-electron chi connectivity index (χ4n) is 3.23. The van der Waals surface area contributed by atoms with E-state index in [1.165, 1.54) is 12.0 Å². The number of ether oxygens (including phenoxy) is 2. The van der Waals surface area contributed by atoms with E-state index in [0.29, 0.717) is 24.3 Å². The molecule has 2 aromatic rings. The number of rotatable bonds is 5. The first-order valence-corrected chi connectivity index (χ1v) is 9.16. The van der Waals surface area contributed by atoms with Crippen molar-refractivity contribution in [1.82, 2.24) is 4.90 Å². The van der Waals surface area contributed by atoms with Gasteiger partial charge in [-0.25, -0.2) is 9.59 Å². The SMILES string of the molecule is COC(=O)C1CN(C(=O)c2c(C)cc(CCc3ccccc3)oc2=O)CCO1. The molecular formula is C21H23NO6. The van der Waals surface area contributed by atoms with Crippen molar-refractivity contribution in [3.8, 4) is 0 Å². The smallest absolute Gasteiger partial charge is 0.349 e. The highest BCUT2D eigenvalue weighted by molar-refractivity contribution is 5.95. The lowest BCUT2D eigenvalue weighted by molar-refractivity contribution is -0.158. The summed E-state index contributed by atoms with van der Waals surface area (Å²) in [6, 6.07) is 11.6. The molecular weight excluding hydrogens is 362 g/mol. The number of methoxy groups -OCH3 is 1. The Bertz CT molecular complexity index is 905.